The minimum atomic E-state index is -0.410. The molecule has 0 aliphatic rings. The zero-order valence-electron chi connectivity index (χ0n) is 11.2. The molecule has 21 heavy (non-hydrogen) atoms. The first kappa shape index (κ1) is 13.5. The molecular formula is C16H13FN2O2. The molecule has 3 aromatic rings. The van der Waals surface area contributed by atoms with Crippen molar-refractivity contribution in [3.05, 3.63) is 76.1 Å². The number of hydrogen-bond donors (Lipinski definition) is 1. The Morgan fingerprint density at radius 2 is 1.81 bits per heavy atom. The molecule has 5 heteroatoms. The van der Waals surface area contributed by atoms with E-state index in [1.807, 2.05) is 24.3 Å². The van der Waals surface area contributed by atoms with Gasteiger partial charge in [-0.3, -0.25) is 9.36 Å². The number of aliphatic hydroxyl groups excluding tert-OH is 1. The Balaban J connectivity index is 1.98. The van der Waals surface area contributed by atoms with Gasteiger partial charge in [0, 0.05) is 6.07 Å². The van der Waals surface area contributed by atoms with E-state index in [0.29, 0.717) is 17.4 Å². The number of halogens is 1. The molecule has 0 saturated heterocycles. The average Bonchev–Trinajstić information content (AvgIpc) is 2.51. The largest absolute Gasteiger partial charge is 0.392 e. The molecular weight excluding hydrogens is 271 g/mol. The predicted molar refractivity (Wildman–Crippen MR) is 77.4 cm³/mol. The van der Waals surface area contributed by atoms with Crippen molar-refractivity contribution >= 4 is 10.9 Å². The topological polar surface area (TPSA) is 55.1 Å². The molecule has 106 valence electrons. The van der Waals surface area contributed by atoms with Gasteiger partial charge in [-0.05, 0) is 23.3 Å². The van der Waals surface area contributed by atoms with Gasteiger partial charge in [0.05, 0.1) is 30.4 Å². The normalized spacial score (nSPS) is 11.0. The molecule has 1 heterocycles. The maximum Gasteiger partial charge on any atom is 0.261 e. The van der Waals surface area contributed by atoms with Crippen molar-refractivity contribution in [2.24, 2.45) is 0 Å². The number of hydrogen-bond acceptors (Lipinski definition) is 3. The summed E-state index contributed by atoms with van der Waals surface area (Å²) >= 11 is 0. The Labute approximate surface area is 120 Å². The second-order valence-corrected chi connectivity index (χ2v) is 4.81. The van der Waals surface area contributed by atoms with Crippen molar-refractivity contribution < 1.29 is 9.50 Å². The van der Waals surface area contributed by atoms with Crippen LogP contribution in [0.5, 0.6) is 0 Å². The lowest BCUT2D eigenvalue weighted by atomic mass is 10.1. The van der Waals surface area contributed by atoms with E-state index in [1.54, 1.807) is 0 Å². The summed E-state index contributed by atoms with van der Waals surface area (Å²) in [5.74, 6) is -0.410. The van der Waals surface area contributed by atoms with E-state index in [9.17, 15) is 9.18 Å². The highest BCUT2D eigenvalue weighted by molar-refractivity contribution is 5.77. The Kier molecular flexibility index (Phi) is 3.50. The third kappa shape index (κ3) is 2.68. The molecule has 3 rings (SSSR count). The zero-order valence-corrected chi connectivity index (χ0v) is 11.2. The molecule has 1 N–H and O–H groups in total. The molecule has 0 aliphatic heterocycles. The van der Waals surface area contributed by atoms with Crippen molar-refractivity contribution in [1.29, 1.82) is 0 Å². The average molecular weight is 284 g/mol. The Morgan fingerprint density at radius 3 is 2.52 bits per heavy atom. The van der Waals surface area contributed by atoms with Crippen LogP contribution in [0.4, 0.5) is 4.39 Å². The maximum atomic E-state index is 13.1. The summed E-state index contributed by atoms with van der Waals surface area (Å²) in [6.07, 6.45) is 1.42. The molecule has 1 aromatic heterocycles. The second kappa shape index (κ2) is 5.46. The maximum absolute atomic E-state index is 13.1. The first-order valence-corrected chi connectivity index (χ1v) is 6.51. The molecule has 4 nitrogen and oxygen atoms in total. The fourth-order valence-corrected chi connectivity index (χ4v) is 2.19. The summed E-state index contributed by atoms with van der Waals surface area (Å²) < 4.78 is 14.6. The molecule has 0 aliphatic carbocycles. The van der Waals surface area contributed by atoms with Gasteiger partial charge in [-0.2, -0.15) is 0 Å². The fraction of sp³-hybridized carbons (Fsp3) is 0.125. The van der Waals surface area contributed by atoms with Crippen LogP contribution in [0, 0.1) is 5.82 Å². The fourth-order valence-electron chi connectivity index (χ4n) is 2.19. The molecule has 0 saturated carbocycles. The second-order valence-electron chi connectivity index (χ2n) is 4.81. The highest BCUT2D eigenvalue weighted by Gasteiger charge is 2.05. The summed E-state index contributed by atoms with van der Waals surface area (Å²) in [7, 11) is 0. The molecule has 0 spiro atoms. The zero-order chi connectivity index (χ0) is 14.8. The van der Waals surface area contributed by atoms with Crippen LogP contribution in [0.1, 0.15) is 11.1 Å². The van der Waals surface area contributed by atoms with Gasteiger partial charge in [-0.1, -0.05) is 24.3 Å². The smallest absolute Gasteiger partial charge is 0.261 e. The highest BCUT2D eigenvalue weighted by atomic mass is 19.1. The van der Waals surface area contributed by atoms with E-state index in [2.05, 4.69) is 4.98 Å². The van der Waals surface area contributed by atoms with Crippen molar-refractivity contribution in [3.63, 3.8) is 0 Å². The van der Waals surface area contributed by atoms with Gasteiger partial charge in [0.25, 0.3) is 5.56 Å². The molecule has 0 fully saturated rings. The monoisotopic (exact) mass is 284 g/mol. The number of aromatic nitrogens is 2. The third-order valence-electron chi connectivity index (χ3n) is 3.35. The van der Waals surface area contributed by atoms with Crippen molar-refractivity contribution in [1.82, 2.24) is 9.55 Å². The van der Waals surface area contributed by atoms with Crippen LogP contribution in [0.2, 0.25) is 0 Å². The summed E-state index contributed by atoms with van der Waals surface area (Å²) in [5, 5.41) is 9.40. The quantitative estimate of drug-likeness (QED) is 0.801. The van der Waals surface area contributed by atoms with Crippen LogP contribution < -0.4 is 5.56 Å². The van der Waals surface area contributed by atoms with E-state index in [-0.39, 0.29) is 12.2 Å². The van der Waals surface area contributed by atoms with E-state index in [1.165, 1.54) is 29.1 Å². The van der Waals surface area contributed by atoms with E-state index < -0.39 is 5.82 Å². The van der Waals surface area contributed by atoms with E-state index in [4.69, 9.17) is 5.11 Å². The molecule has 0 bridgehead atoms. The lowest BCUT2D eigenvalue weighted by Crippen LogP contribution is -2.21. The Bertz CT molecular complexity index is 841. The summed E-state index contributed by atoms with van der Waals surface area (Å²) in [4.78, 5) is 16.4. The number of rotatable bonds is 3. The minimum Gasteiger partial charge on any atom is -0.392 e. The molecule has 0 atom stereocenters. The predicted octanol–water partition coefficient (Wildman–Crippen LogP) is 2.08. The summed E-state index contributed by atoms with van der Waals surface area (Å²) in [6.45, 7) is 0.369. The van der Waals surface area contributed by atoms with Gasteiger partial charge < -0.3 is 5.11 Å². The lowest BCUT2D eigenvalue weighted by molar-refractivity contribution is 0.282. The molecule has 0 unspecified atom stereocenters. The van der Waals surface area contributed by atoms with Gasteiger partial charge in [0.1, 0.15) is 5.82 Å². The van der Waals surface area contributed by atoms with Crippen LogP contribution in [-0.2, 0) is 13.2 Å². The van der Waals surface area contributed by atoms with E-state index >= 15 is 0 Å². The number of fused-ring (bicyclic) bond motifs is 1. The van der Waals surface area contributed by atoms with Crippen molar-refractivity contribution in [2.75, 3.05) is 0 Å². The number of benzene rings is 2. The summed E-state index contributed by atoms with van der Waals surface area (Å²) in [6, 6.07) is 11.3. The summed E-state index contributed by atoms with van der Waals surface area (Å²) in [5.41, 5.74) is 1.90. The van der Waals surface area contributed by atoms with Gasteiger partial charge in [-0.25, -0.2) is 9.37 Å². The van der Waals surface area contributed by atoms with Crippen LogP contribution >= 0.6 is 0 Å². The van der Waals surface area contributed by atoms with Gasteiger partial charge >= 0.3 is 0 Å². The van der Waals surface area contributed by atoms with Crippen LogP contribution in [0.3, 0.4) is 0 Å². The first-order valence-electron chi connectivity index (χ1n) is 6.51. The van der Waals surface area contributed by atoms with Crippen molar-refractivity contribution in [3.8, 4) is 0 Å². The highest BCUT2D eigenvalue weighted by Crippen LogP contribution is 2.10. The number of nitrogens with zero attached hydrogens (tertiary/aromatic N) is 2. The molecule has 0 amide bonds. The van der Waals surface area contributed by atoms with Gasteiger partial charge in [0.2, 0.25) is 0 Å². The molecule has 0 radical (unpaired) electrons. The van der Waals surface area contributed by atoms with Crippen LogP contribution in [0.15, 0.2) is 53.6 Å². The third-order valence-corrected chi connectivity index (χ3v) is 3.35. The number of aliphatic hydroxyl groups is 1. The van der Waals surface area contributed by atoms with Crippen LogP contribution in [-0.4, -0.2) is 14.7 Å². The molecule has 2 aromatic carbocycles. The lowest BCUT2D eigenvalue weighted by Gasteiger charge is -2.07. The van der Waals surface area contributed by atoms with Gasteiger partial charge in [0.15, 0.2) is 0 Å². The Morgan fingerprint density at radius 1 is 1.10 bits per heavy atom. The van der Waals surface area contributed by atoms with Crippen molar-refractivity contribution in [2.45, 2.75) is 13.2 Å². The van der Waals surface area contributed by atoms with Crippen LogP contribution in [0.25, 0.3) is 10.9 Å². The SMILES string of the molecule is O=c1c2ccc(F)cc2ncn1Cc1ccc(CO)cc1. The van der Waals surface area contributed by atoms with E-state index in [0.717, 1.165) is 11.1 Å². The Hall–Kier alpha value is -2.53. The minimum absolute atomic E-state index is 0.0106. The van der Waals surface area contributed by atoms with Gasteiger partial charge in [-0.15, -0.1) is 0 Å². The first-order chi connectivity index (χ1) is 10.2. The standard InChI is InChI=1S/C16H13FN2O2/c17-13-5-6-14-15(7-13)18-10-19(16(14)21)8-11-1-3-12(9-20)4-2-11/h1-7,10,20H,8-9H2.